The molecular weight excluding hydrogens is 356 g/mol. The van der Waals surface area contributed by atoms with Gasteiger partial charge in [0.25, 0.3) is 0 Å². The van der Waals surface area contributed by atoms with Gasteiger partial charge in [0.2, 0.25) is 0 Å². The highest BCUT2D eigenvalue weighted by Gasteiger charge is 2.02. The summed E-state index contributed by atoms with van der Waals surface area (Å²) in [5.41, 5.74) is 0. The molecule has 0 aromatic heterocycles. The van der Waals surface area contributed by atoms with Crippen LogP contribution in [0, 0.1) is 0 Å². The number of hydrogen-bond donors (Lipinski definition) is 0. The van der Waals surface area contributed by atoms with E-state index in [1.807, 2.05) is 0 Å². The molecule has 0 saturated carbocycles. The Labute approximate surface area is 173 Å². The molecule has 168 valence electrons. The molecule has 0 amide bonds. The maximum Gasteiger partial charge on any atom is 0.305 e. The third-order valence-corrected chi connectivity index (χ3v) is 4.57. The highest BCUT2D eigenvalue weighted by molar-refractivity contribution is 5.69. The maximum absolute atomic E-state index is 11.6. The van der Waals surface area contributed by atoms with Crippen molar-refractivity contribution in [2.45, 2.75) is 97.3 Å². The van der Waals surface area contributed by atoms with Crippen molar-refractivity contribution in [2.24, 2.45) is 0 Å². The number of ether oxygens (including phenoxy) is 4. The quantitative estimate of drug-likeness (QED) is 0.162. The number of esters is 1. The minimum atomic E-state index is -0.108. The van der Waals surface area contributed by atoms with Gasteiger partial charge in [-0.05, 0) is 19.3 Å². The molecule has 0 aromatic carbocycles. The number of hydrogen-bond acceptors (Lipinski definition) is 5. The molecule has 0 N–H and O–H groups in total. The van der Waals surface area contributed by atoms with Gasteiger partial charge in [-0.25, -0.2) is 0 Å². The molecule has 0 unspecified atom stereocenters. The van der Waals surface area contributed by atoms with Crippen molar-refractivity contribution in [2.75, 3.05) is 46.2 Å². The summed E-state index contributed by atoms with van der Waals surface area (Å²) in [7, 11) is 0. The maximum atomic E-state index is 11.6. The van der Waals surface area contributed by atoms with Crippen molar-refractivity contribution in [3.8, 4) is 0 Å². The smallest absolute Gasteiger partial charge is 0.305 e. The van der Waals surface area contributed by atoms with E-state index >= 15 is 0 Å². The van der Waals surface area contributed by atoms with Crippen molar-refractivity contribution in [3.05, 3.63) is 0 Å². The van der Waals surface area contributed by atoms with Crippen LogP contribution in [0.4, 0.5) is 0 Å². The first kappa shape index (κ1) is 27.4. The summed E-state index contributed by atoms with van der Waals surface area (Å²) in [5.74, 6) is -0.108. The average molecular weight is 403 g/mol. The first-order chi connectivity index (χ1) is 13.8. The molecule has 5 heteroatoms. The fourth-order valence-corrected chi connectivity index (χ4v) is 2.81. The summed E-state index contributed by atoms with van der Waals surface area (Å²) >= 11 is 0. The first-order valence-electron chi connectivity index (χ1n) is 11.7. The molecule has 0 aliphatic carbocycles. The predicted molar refractivity (Wildman–Crippen MR) is 115 cm³/mol. The Kier molecular flexibility index (Phi) is 23.8. The van der Waals surface area contributed by atoms with E-state index in [-0.39, 0.29) is 5.97 Å². The van der Waals surface area contributed by atoms with E-state index in [0.29, 0.717) is 52.5 Å². The van der Waals surface area contributed by atoms with E-state index < -0.39 is 0 Å². The second-order valence-electron chi connectivity index (χ2n) is 7.34. The summed E-state index contributed by atoms with van der Waals surface area (Å²) in [6.45, 7) is 8.77. The van der Waals surface area contributed by atoms with Crippen LogP contribution in [-0.2, 0) is 23.7 Å². The lowest BCUT2D eigenvalue weighted by molar-refractivity contribution is -0.144. The van der Waals surface area contributed by atoms with Crippen LogP contribution in [0.15, 0.2) is 0 Å². The van der Waals surface area contributed by atoms with Crippen molar-refractivity contribution >= 4 is 5.97 Å². The Morgan fingerprint density at radius 1 is 0.500 bits per heavy atom. The van der Waals surface area contributed by atoms with E-state index in [2.05, 4.69) is 13.8 Å². The molecule has 0 saturated heterocycles. The molecule has 0 aliphatic heterocycles. The van der Waals surface area contributed by atoms with E-state index in [1.54, 1.807) is 0 Å². The van der Waals surface area contributed by atoms with Gasteiger partial charge in [0.05, 0.1) is 33.0 Å². The monoisotopic (exact) mass is 402 g/mol. The highest BCUT2D eigenvalue weighted by Crippen LogP contribution is 2.08. The van der Waals surface area contributed by atoms with Crippen molar-refractivity contribution in [1.29, 1.82) is 0 Å². The zero-order valence-electron chi connectivity index (χ0n) is 18.7. The van der Waals surface area contributed by atoms with Crippen LogP contribution in [0.5, 0.6) is 0 Å². The van der Waals surface area contributed by atoms with E-state index in [1.165, 1.54) is 51.4 Å². The minimum Gasteiger partial charge on any atom is -0.466 e. The summed E-state index contributed by atoms with van der Waals surface area (Å²) in [4.78, 5) is 11.6. The zero-order chi connectivity index (χ0) is 20.5. The second kappa shape index (κ2) is 24.4. The van der Waals surface area contributed by atoms with E-state index in [9.17, 15) is 4.79 Å². The lowest BCUT2D eigenvalue weighted by atomic mass is 10.1. The van der Waals surface area contributed by atoms with Crippen molar-refractivity contribution in [1.82, 2.24) is 0 Å². The summed E-state index contributed by atoms with van der Waals surface area (Å²) in [6, 6.07) is 0. The molecule has 0 radical (unpaired) electrons. The zero-order valence-corrected chi connectivity index (χ0v) is 18.7. The van der Waals surface area contributed by atoms with Crippen LogP contribution >= 0.6 is 0 Å². The Bertz CT molecular complexity index is 309. The minimum absolute atomic E-state index is 0.108. The number of carbonyl (C=O) groups excluding carboxylic acids is 1. The molecule has 0 fully saturated rings. The van der Waals surface area contributed by atoms with Crippen LogP contribution in [0.3, 0.4) is 0 Å². The number of unbranched alkanes of at least 4 members (excludes halogenated alkanes) is 9. The Balaban J connectivity index is 3.13. The molecule has 0 atom stereocenters. The second-order valence-corrected chi connectivity index (χ2v) is 7.34. The van der Waals surface area contributed by atoms with Crippen LogP contribution in [-0.4, -0.2) is 52.2 Å². The molecule has 28 heavy (non-hydrogen) atoms. The Morgan fingerprint density at radius 2 is 0.929 bits per heavy atom. The predicted octanol–water partition coefficient (Wildman–Crippen LogP) is 5.69. The van der Waals surface area contributed by atoms with Crippen molar-refractivity contribution in [3.63, 3.8) is 0 Å². The van der Waals surface area contributed by atoms with Gasteiger partial charge in [-0.3, -0.25) is 4.79 Å². The Hall–Kier alpha value is -0.650. The molecule has 0 heterocycles. The fourth-order valence-electron chi connectivity index (χ4n) is 2.81. The number of rotatable bonds is 23. The largest absolute Gasteiger partial charge is 0.466 e. The van der Waals surface area contributed by atoms with Gasteiger partial charge in [0.15, 0.2) is 0 Å². The standard InChI is InChI=1S/C23H46O5/c1-3-5-7-8-9-10-11-13-18-28-23(24)15-14-17-26-20-22-27-21-19-25-16-12-6-4-2/h3-22H2,1-2H3. The van der Waals surface area contributed by atoms with E-state index in [4.69, 9.17) is 18.9 Å². The van der Waals surface area contributed by atoms with Gasteiger partial charge in [0, 0.05) is 19.6 Å². The van der Waals surface area contributed by atoms with Gasteiger partial charge in [0.1, 0.15) is 0 Å². The summed E-state index contributed by atoms with van der Waals surface area (Å²) in [5, 5.41) is 0. The summed E-state index contributed by atoms with van der Waals surface area (Å²) in [6.07, 6.45) is 14.7. The third kappa shape index (κ3) is 23.4. The molecule has 5 nitrogen and oxygen atoms in total. The topological polar surface area (TPSA) is 54.0 Å². The van der Waals surface area contributed by atoms with Crippen LogP contribution in [0.1, 0.15) is 97.3 Å². The average Bonchev–Trinajstić information content (AvgIpc) is 2.70. The van der Waals surface area contributed by atoms with Crippen LogP contribution < -0.4 is 0 Å². The van der Waals surface area contributed by atoms with E-state index in [0.717, 1.165) is 25.9 Å². The molecule has 0 rings (SSSR count). The lowest BCUT2D eigenvalue weighted by Gasteiger charge is -2.07. The van der Waals surface area contributed by atoms with Gasteiger partial charge in [-0.15, -0.1) is 0 Å². The van der Waals surface area contributed by atoms with Crippen LogP contribution in [0.2, 0.25) is 0 Å². The van der Waals surface area contributed by atoms with Crippen LogP contribution in [0.25, 0.3) is 0 Å². The van der Waals surface area contributed by atoms with Crippen molar-refractivity contribution < 1.29 is 23.7 Å². The SMILES string of the molecule is CCCCCCCCCCOC(=O)CCCOCCOCCOCCCCC. The summed E-state index contributed by atoms with van der Waals surface area (Å²) < 4.78 is 21.6. The fraction of sp³-hybridized carbons (Fsp3) is 0.957. The highest BCUT2D eigenvalue weighted by atomic mass is 16.5. The number of carbonyl (C=O) groups is 1. The third-order valence-electron chi connectivity index (χ3n) is 4.57. The molecule has 0 spiro atoms. The molecule has 0 bridgehead atoms. The first-order valence-corrected chi connectivity index (χ1v) is 11.7. The van der Waals surface area contributed by atoms with Gasteiger partial charge < -0.3 is 18.9 Å². The lowest BCUT2D eigenvalue weighted by Crippen LogP contribution is -2.11. The normalized spacial score (nSPS) is 11.1. The van der Waals surface area contributed by atoms with Gasteiger partial charge in [-0.2, -0.15) is 0 Å². The molecule has 0 aromatic rings. The Morgan fingerprint density at radius 3 is 1.54 bits per heavy atom. The molecular formula is C23H46O5. The van der Waals surface area contributed by atoms with Gasteiger partial charge in [-0.1, -0.05) is 71.6 Å². The van der Waals surface area contributed by atoms with Gasteiger partial charge >= 0.3 is 5.97 Å². The molecule has 0 aliphatic rings.